The average molecular weight is 402 g/mol. The molecule has 28 heavy (non-hydrogen) atoms. The molecule has 1 unspecified atom stereocenters. The summed E-state index contributed by atoms with van der Waals surface area (Å²) in [5.74, 6) is -0.416. The number of nitro benzene ring substituents is 1. The van der Waals surface area contributed by atoms with E-state index in [1.54, 1.807) is 26.0 Å². The molecule has 2 aromatic carbocycles. The van der Waals surface area contributed by atoms with Gasteiger partial charge in [-0.1, -0.05) is 0 Å². The molecule has 0 aliphatic rings. The maximum atomic E-state index is 14.1. The molecule has 1 amide bonds. The largest absolute Gasteiger partial charge is 0.325 e. The number of hydrogen-bond donors (Lipinski definition) is 1. The van der Waals surface area contributed by atoms with Crippen molar-refractivity contribution in [2.24, 2.45) is 0 Å². The van der Waals surface area contributed by atoms with Crippen LogP contribution in [0.4, 0.5) is 15.8 Å². The summed E-state index contributed by atoms with van der Waals surface area (Å²) in [7, 11) is 0. The lowest BCUT2D eigenvalue weighted by atomic mass is 10.2. The van der Waals surface area contributed by atoms with E-state index in [1.165, 1.54) is 46.8 Å². The van der Waals surface area contributed by atoms with E-state index < -0.39 is 16.0 Å². The first kappa shape index (κ1) is 19.4. The van der Waals surface area contributed by atoms with Crippen LogP contribution in [0.5, 0.6) is 0 Å². The topological polar surface area (TPSA) is 116 Å². The number of carbonyl (C=O) groups is 1. The Balaban J connectivity index is 1.70. The van der Waals surface area contributed by atoms with Gasteiger partial charge in [-0.25, -0.2) is 4.39 Å². The number of hydrogen-bond acceptors (Lipinski definition) is 7. The molecule has 9 nitrogen and oxygen atoms in total. The minimum atomic E-state index is -0.526. The molecule has 0 spiro atoms. The molecule has 0 radical (unpaired) electrons. The van der Waals surface area contributed by atoms with Gasteiger partial charge < -0.3 is 5.32 Å². The number of nitrogens with one attached hydrogen (secondary N) is 1. The predicted octanol–water partition coefficient (Wildman–Crippen LogP) is 3.14. The average Bonchev–Trinajstić information content (AvgIpc) is 3.09. The van der Waals surface area contributed by atoms with E-state index in [0.717, 1.165) is 4.90 Å². The van der Waals surface area contributed by atoms with Crippen molar-refractivity contribution in [1.82, 2.24) is 20.2 Å². The monoisotopic (exact) mass is 402 g/mol. The van der Waals surface area contributed by atoms with E-state index in [1.807, 2.05) is 0 Å². The van der Waals surface area contributed by atoms with Gasteiger partial charge in [0.05, 0.1) is 10.2 Å². The van der Waals surface area contributed by atoms with Crippen molar-refractivity contribution in [3.8, 4) is 5.69 Å². The lowest BCUT2D eigenvalue weighted by Crippen LogP contribution is -2.22. The maximum Gasteiger partial charge on any atom is 0.269 e. The summed E-state index contributed by atoms with van der Waals surface area (Å²) in [5, 5.41) is 23.9. The Hall–Kier alpha value is -3.34. The number of anilines is 1. The summed E-state index contributed by atoms with van der Waals surface area (Å²) in [4.78, 5) is 23.4. The van der Waals surface area contributed by atoms with E-state index in [2.05, 4.69) is 20.8 Å². The van der Waals surface area contributed by atoms with Crippen LogP contribution in [-0.2, 0) is 4.79 Å². The molecule has 3 rings (SSSR count). The Morgan fingerprint density at radius 3 is 2.61 bits per heavy atom. The number of tetrazole rings is 1. The summed E-state index contributed by atoms with van der Waals surface area (Å²) in [6.45, 7) is 3.34. The second-order valence-corrected chi connectivity index (χ2v) is 7.22. The van der Waals surface area contributed by atoms with Crippen molar-refractivity contribution in [1.29, 1.82) is 0 Å². The number of rotatable bonds is 6. The first-order valence-corrected chi connectivity index (χ1v) is 9.00. The molecule has 0 aliphatic heterocycles. The van der Waals surface area contributed by atoms with Gasteiger partial charge in [0.15, 0.2) is 5.82 Å². The van der Waals surface area contributed by atoms with Crippen LogP contribution in [0.15, 0.2) is 47.4 Å². The number of halogens is 1. The van der Waals surface area contributed by atoms with Gasteiger partial charge in [0.25, 0.3) is 5.69 Å². The highest BCUT2D eigenvalue weighted by Crippen LogP contribution is 2.26. The molecule has 1 N–H and O–H groups in total. The van der Waals surface area contributed by atoms with Crippen LogP contribution in [0.3, 0.4) is 0 Å². The summed E-state index contributed by atoms with van der Waals surface area (Å²) >= 11 is 1.25. The first-order valence-electron chi connectivity index (χ1n) is 8.12. The smallest absolute Gasteiger partial charge is 0.269 e. The van der Waals surface area contributed by atoms with Crippen molar-refractivity contribution in [2.45, 2.75) is 24.0 Å². The molecule has 0 bridgehead atoms. The van der Waals surface area contributed by atoms with E-state index in [-0.39, 0.29) is 17.3 Å². The van der Waals surface area contributed by atoms with E-state index in [9.17, 15) is 19.3 Å². The third-order valence-electron chi connectivity index (χ3n) is 3.80. The van der Waals surface area contributed by atoms with Crippen molar-refractivity contribution in [3.05, 3.63) is 64.2 Å². The highest BCUT2D eigenvalue weighted by molar-refractivity contribution is 8.00. The molecular formula is C17H15FN6O3S. The third-order valence-corrected chi connectivity index (χ3v) is 4.91. The number of carbonyl (C=O) groups excluding carboxylic acids is 1. The second-order valence-electron chi connectivity index (χ2n) is 5.80. The summed E-state index contributed by atoms with van der Waals surface area (Å²) < 4.78 is 15.3. The zero-order chi connectivity index (χ0) is 20.3. The van der Waals surface area contributed by atoms with Gasteiger partial charge in [0, 0.05) is 22.7 Å². The Morgan fingerprint density at radius 2 is 2.00 bits per heavy atom. The molecule has 11 heteroatoms. The van der Waals surface area contributed by atoms with Gasteiger partial charge >= 0.3 is 0 Å². The third kappa shape index (κ3) is 4.31. The number of nitro groups is 1. The molecule has 0 saturated carbocycles. The number of aromatic nitrogens is 4. The number of thioether (sulfide) groups is 1. The van der Waals surface area contributed by atoms with Crippen LogP contribution in [0.2, 0.25) is 0 Å². The van der Waals surface area contributed by atoms with Crippen LogP contribution in [0, 0.1) is 22.9 Å². The quantitative estimate of drug-likeness (QED) is 0.382. The van der Waals surface area contributed by atoms with Crippen LogP contribution < -0.4 is 5.32 Å². The van der Waals surface area contributed by atoms with Crippen LogP contribution in [0.1, 0.15) is 12.7 Å². The molecule has 1 atom stereocenters. The summed E-state index contributed by atoms with van der Waals surface area (Å²) in [6.07, 6.45) is 0. The van der Waals surface area contributed by atoms with E-state index in [0.29, 0.717) is 11.5 Å². The number of non-ortho nitro benzene ring substituents is 1. The van der Waals surface area contributed by atoms with Crippen LogP contribution >= 0.6 is 11.8 Å². The Bertz CT molecular complexity index is 1020. The molecule has 0 fully saturated rings. The number of nitrogens with zero attached hydrogens (tertiary/aromatic N) is 5. The lowest BCUT2D eigenvalue weighted by Gasteiger charge is -2.13. The Labute approximate surface area is 163 Å². The number of aryl methyl sites for hydroxylation is 1. The number of amides is 1. The fourth-order valence-corrected chi connectivity index (χ4v) is 3.22. The first-order chi connectivity index (χ1) is 13.3. The van der Waals surface area contributed by atoms with Crippen molar-refractivity contribution >= 4 is 29.0 Å². The van der Waals surface area contributed by atoms with Crippen molar-refractivity contribution in [3.63, 3.8) is 0 Å². The molecule has 1 aromatic heterocycles. The van der Waals surface area contributed by atoms with E-state index in [4.69, 9.17) is 0 Å². The Kier molecular flexibility index (Phi) is 5.64. The predicted molar refractivity (Wildman–Crippen MR) is 101 cm³/mol. The molecule has 0 saturated heterocycles. The highest BCUT2D eigenvalue weighted by atomic mass is 32.2. The van der Waals surface area contributed by atoms with Crippen molar-refractivity contribution < 1.29 is 14.1 Å². The normalized spacial score (nSPS) is 11.8. The van der Waals surface area contributed by atoms with Gasteiger partial charge in [0.1, 0.15) is 11.5 Å². The van der Waals surface area contributed by atoms with Gasteiger partial charge in [-0.15, -0.1) is 16.9 Å². The summed E-state index contributed by atoms with van der Waals surface area (Å²) in [6, 6.07) is 10.0. The zero-order valence-electron chi connectivity index (χ0n) is 14.9. The standard InChI is InChI=1S/C17H15FN6O3S/c1-10(28-14-6-4-13(5-7-14)24(26)27)17(25)19-12-3-8-15(18)16(9-12)23-11(2)20-21-22-23/h3-10H,1-2H3,(H,19,25). The van der Waals surface area contributed by atoms with Gasteiger partial charge in [-0.05, 0) is 54.6 Å². The molecule has 144 valence electrons. The molecular weight excluding hydrogens is 387 g/mol. The van der Waals surface area contributed by atoms with Crippen LogP contribution in [-0.4, -0.2) is 36.3 Å². The summed E-state index contributed by atoms with van der Waals surface area (Å²) in [5.41, 5.74) is 0.501. The van der Waals surface area contributed by atoms with Gasteiger partial charge in [-0.2, -0.15) is 4.68 Å². The zero-order valence-corrected chi connectivity index (χ0v) is 15.7. The SMILES string of the molecule is Cc1nnnn1-c1cc(NC(=O)C(C)Sc2ccc([N+](=O)[O-])cc2)ccc1F. The van der Waals surface area contributed by atoms with Crippen molar-refractivity contribution in [2.75, 3.05) is 5.32 Å². The second kappa shape index (κ2) is 8.13. The maximum absolute atomic E-state index is 14.1. The lowest BCUT2D eigenvalue weighted by molar-refractivity contribution is -0.384. The van der Waals surface area contributed by atoms with Gasteiger partial charge in [-0.3, -0.25) is 14.9 Å². The fourth-order valence-electron chi connectivity index (χ4n) is 2.35. The molecule has 3 aromatic rings. The highest BCUT2D eigenvalue weighted by Gasteiger charge is 2.17. The van der Waals surface area contributed by atoms with E-state index >= 15 is 0 Å². The Morgan fingerprint density at radius 1 is 1.29 bits per heavy atom. The minimum absolute atomic E-state index is 0.0156. The molecule has 0 aliphatic carbocycles. The number of benzene rings is 2. The molecule has 1 heterocycles. The fraction of sp³-hybridized carbons (Fsp3) is 0.176. The minimum Gasteiger partial charge on any atom is -0.325 e. The van der Waals surface area contributed by atoms with Crippen LogP contribution in [0.25, 0.3) is 5.69 Å². The van der Waals surface area contributed by atoms with Gasteiger partial charge in [0.2, 0.25) is 5.91 Å².